The van der Waals surface area contributed by atoms with Crippen molar-refractivity contribution in [2.75, 3.05) is 18.0 Å². The first-order valence-electron chi connectivity index (χ1n) is 6.49. The topological polar surface area (TPSA) is 29.3 Å². The van der Waals surface area contributed by atoms with Gasteiger partial charge in [0.1, 0.15) is 0 Å². The number of nitrogens with two attached hydrogens (primary N) is 1. The average molecular weight is 232 g/mol. The first-order valence-corrected chi connectivity index (χ1v) is 6.49. The number of anilines is 1. The van der Waals surface area contributed by atoms with E-state index in [0.29, 0.717) is 5.92 Å². The van der Waals surface area contributed by atoms with Crippen molar-refractivity contribution in [2.45, 2.75) is 39.7 Å². The SMILES string of the molecule is Cc1ccc(N2CC(CN)CC2(C)C)c(C)c1. The highest BCUT2D eigenvalue weighted by atomic mass is 15.2. The fourth-order valence-electron chi connectivity index (χ4n) is 3.08. The summed E-state index contributed by atoms with van der Waals surface area (Å²) in [5.41, 5.74) is 10.1. The fourth-order valence-corrected chi connectivity index (χ4v) is 3.08. The summed E-state index contributed by atoms with van der Waals surface area (Å²) in [4.78, 5) is 2.53. The highest BCUT2D eigenvalue weighted by molar-refractivity contribution is 5.57. The second-order valence-corrected chi connectivity index (χ2v) is 6.02. The van der Waals surface area contributed by atoms with Crippen LogP contribution in [0.1, 0.15) is 31.4 Å². The van der Waals surface area contributed by atoms with Gasteiger partial charge in [-0.1, -0.05) is 17.7 Å². The van der Waals surface area contributed by atoms with Gasteiger partial charge in [-0.25, -0.2) is 0 Å². The summed E-state index contributed by atoms with van der Waals surface area (Å²) in [5.74, 6) is 0.630. The third kappa shape index (κ3) is 2.32. The lowest BCUT2D eigenvalue weighted by Gasteiger charge is -2.34. The minimum absolute atomic E-state index is 0.226. The van der Waals surface area contributed by atoms with E-state index in [0.717, 1.165) is 13.1 Å². The lowest BCUT2D eigenvalue weighted by atomic mass is 9.96. The van der Waals surface area contributed by atoms with Gasteiger partial charge in [0, 0.05) is 17.8 Å². The van der Waals surface area contributed by atoms with Gasteiger partial charge in [-0.2, -0.15) is 0 Å². The molecule has 1 atom stereocenters. The Bertz CT molecular complexity index is 409. The molecule has 1 aliphatic heterocycles. The van der Waals surface area contributed by atoms with Crippen LogP contribution in [-0.2, 0) is 0 Å². The van der Waals surface area contributed by atoms with Crippen LogP contribution in [-0.4, -0.2) is 18.6 Å². The molecule has 2 N–H and O–H groups in total. The largest absolute Gasteiger partial charge is 0.366 e. The van der Waals surface area contributed by atoms with E-state index in [1.165, 1.54) is 23.2 Å². The van der Waals surface area contributed by atoms with Crippen molar-refractivity contribution in [1.82, 2.24) is 0 Å². The molecule has 1 fully saturated rings. The van der Waals surface area contributed by atoms with E-state index in [4.69, 9.17) is 5.73 Å². The first-order chi connectivity index (χ1) is 7.94. The van der Waals surface area contributed by atoms with Gasteiger partial charge in [-0.3, -0.25) is 0 Å². The van der Waals surface area contributed by atoms with Crippen molar-refractivity contribution in [2.24, 2.45) is 11.7 Å². The molecule has 0 bridgehead atoms. The number of benzene rings is 1. The maximum Gasteiger partial charge on any atom is 0.0400 e. The maximum atomic E-state index is 5.83. The normalized spacial score (nSPS) is 23.1. The predicted molar refractivity (Wildman–Crippen MR) is 74.5 cm³/mol. The molecular weight excluding hydrogens is 208 g/mol. The van der Waals surface area contributed by atoms with Gasteiger partial charge in [0.15, 0.2) is 0 Å². The van der Waals surface area contributed by atoms with Crippen LogP contribution >= 0.6 is 0 Å². The van der Waals surface area contributed by atoms with Crippen LogP contribution in [0.15, 0.2) is 18.2 Å². The number of hydrogen-bond acceptors (Lipinski definition) is 2. The van der Waals surface area contributed by atoms with Gasteiger partial charge in [0.2, 0.25) is 0 Å². The summed E-state index contributed by atoms with van der Waals surface area (Å²) < 4.78 is 0. The van der Waals surface area contributed by atoms with Gasteiger partial charge < -0.3 is 10.6 Å². The lowest BCUT2D eigenvalue weighted by Crippen LogP contribution is -2.38. The minimum atomic E-state index is 0.226. The molecule has 94 valence electrons. The molecule has 0 amide bonds. The highest BCUT2D eigenvalue weighted by Gasteiger charge is 2.38. The molecule has 0 aliphatic carbocycles. The number of aryl methyl sites for hydroxylation is 2. The Labute approximate surface area is 105 Å². The van der Waals surface area contributed by atoms with Crippen LogP contribution < -0.4 is 10.6 Å². The molecule has 1 aromatic rings. The number of hydrogen-bond donors (Lipinski definition) is 1. The summed E-state index contributed by atoms with van der Waals surface area (Å²) in [6, 6.07) is 6.72. The second-order valence-electron chi connectivity index (χ2n) is 6.02. The third-order valence-electron chi connectivity index (χ3n) is 3.94. The molecule has 17 heavy (non-hydrogen) atoms. The molecule has 0 spiro atoms. The Morgan fingerprint density at radius 2 is 2.06 bits per heavy atom. The Hall–Kier alpha value is -1.02. The van der Waals surface area contributed by atoms with Crippen molar-refractivity contribution in [1.29, 1.82) is 0 Å². The smallest absolute Gasteiger partial charge is 0.0400 e. The standard InChI is InChI=1S/C15H24N2/c1-11-5-6-14(12(2)7-11)17-10-13(9-16)8-15(17,3)4/h5-7,13H,8-10,16H2,1-4H3. The Balaban J connectivity index is 2.33. The van der Waals surface area contributed by atoms with E-state index in [1.54, 1.807) is 0 Å². The zero-order valence-electron chi connectivity index (χ0n) is 11.5. The Morgan fingerprint density at radius 1 is 1.35 bits per heavy atom. The average Bonchev–Trinajstić information content (AvgIpc) is 2.54. The summed E-state index contributed by atoms with van der Waals surface area (Å²) in [7, 11) is 0. The molecule has 2 heteroatoms. The van der Waals surface area contributed by atoms with Gasteiger partial charge in [-0.15, -0.1) is 0 Å². The van der Waals surface area contributed by atoms with E-state index >= 15 is 0 Å². The van der Waals surface area contributed by atoms with Crippen molar-refractivity contribution < 1.29 is 0 Å². The molecule has 0 radical (unpaired) electrons. The molecule has 0 aromatic heterocycles. The van der Waals surface area contributed by atoms with Crippen LogP contribution in [0.3, 0.4) is 0 Å². The molecule has 1 saturated heterocycles. The summed E-state index contributed by atoms with van der Waals surface area (Å²) in [5, 5.41) is 0. The van der Waals surface area contributed by atoms with Crippen LogP contribution in [0.5, 0.6) is 0 Å². The van der Waals surface area contributed by atoms with Gasteiger partial charge in [0.05, 0.1) is 0 Å². The van der Waals surface area contributed by atoms with Crippen LogP contribution in [0.2, 0.25) is 0 Å². The van der Waals surface area contributed by atoms with Gasteiger partial charge in [-0.05, 0) is 58.2 Å². The summed E-state index contributed by atoms with van der Waals surface area (Å²) >= 11 is 0. The van der Waals surface area contributed by atoms with Crippen LogP contribution in [0.4, 0.5) is 5.69 Å². The van der Waals surface area contributed by atoms with Crippen molar-refractivity contribution >= 4 is 5.69 Å². The van der Waals surface area contributed by atoms with E-state index in [1.807, 2.05) is 0 Å². The quantitative estimate of drug-likeness (QED) is 0.849. The van der Waals surface area contributed by atoms with E-state index < -0.39 is 0 Å². The third-order valence-corrected chi connectivity index (χ3v) is 3.94. The predicted octanol–water partition coefficient (Wildman–Crippen LogP) is 2.87. The van der Waals surface area contributed by atoms with Crippen molar-refractivity contribution in [3.63, 3.8) is 0 Å². The lowest BCUT2D eigenvalue weighted by molar-refractivity contribution is 0.476. The van der Waals surface area contributed by atoms with E-state index in [9.17, 15) is 0 Å². The van der Waals surface area contributed by atoms with Crippen molar-refractivity contribution in [3.05, 3.63) is 29.3 Å². The van der Waals surface area contributed by atoms with E-state index in [2.05, 4.69) is 50.8 Å². The van der Waals surface area contributed by atoms with E-state index in [-0.39, 0.29) is 5.54 Å². The minimum Gasteiger partial charge on any atom is -0.366 e. The summed E-state index contributed by atoms with van der Waals surface area (Å²) in [6.07, 6.45) is 1.19. The zero-order valence-corrected chi connectivity index (χ0v) is 11.5. The Morgan fingerprint density at radius 3 is 2.59 bits per heavy atom. The van der Waals surface area contributed by atoms with Gasteiger partial charge >= 0.3 is 0 Å². The zero-order chi connectivity index (χ0) is 12.6. The molecule has 2 nitrogen and oxygen atoms in total. The second kappa shape index (κ2) is 4.34. The first kappa shape index (κ1) is 12.4. The molecule has 0 saturated carbocycles. The number of nitrogens with zero attached hydrogens (tertiary/aromatic N) is 1. The van der Waals surface area contributed by atoms with Gasteiger partial charge in [0.25, 0.3) is 0 Å². The summed E-state index contributed by atoms with van der Waals surface area (Å²) in [6.45, 7) is 10.9. The maximum absolute atomic E-state index is 5.83. The molecule has 1 unspecified atom stereocenters. The monoisotopic (exact) mass is 232 g/mol. The molecule has 2 rings (SSSR count). The van der Waals surface area contributed by atoms with Crippen molar-refractivity contribution in [3.8, 4) is 0 Å². The fraction of sp³-hybridized carbons (Fsp3) is 0.600. The molecule has 1 aromatic carbocycles. The molecule has 1 heterocycles. The molecular formula is C15H24N2. The van der Waals surface area contributed by atoms with Crippen LogP contribution in [0.25, 0.3) is 0 Å². The molecule has 1 aliphatic rings. The van der Waals surface area contributed by atoms with Crippen LogP contribution in [0, 0.1) is 19.8 Å². The number of rotatable bonds is 2. The Kier molecular flexibility index (Phi) is 3.17. The highest BCUT2D eigenvalue weighted by Crippen LogP contribution is 2.37.